The second-order valence-electron chi connectivity index (χ2n) is 8.79. The number of carbonyl (C=O) groups excluding carboxylic acids is 1. The lowest BCUT2D eigenvalue weighted by atomic mass is 9.82. The van der Waals surface area contributed by atoms with Crippen LogP contribution in [0.2, 0.25) is 0 Å². The van der Waals surface area contributed by atoms with E-state index in [9.17, 15) is 9.90 Å². The first kappa shape index (κ1) is 21.5. The molecule has 4 rings (SSSR count). The Labute approximate surface area is 183 Å². The Kier molecular flexibility index (Phi) is 6.67. The number of amides is 1. The standard InChI is InChI=1S/C23H32N6O2/c24-18-7-3-16(4-8-18)17-5-9-19(10-6-17)27-23-21(22(25)31)26-12-20(28-23)29-11-1-2-15(13-29)14-30/h5-6,9-10,12,15-16,18,30H,1-4,7-8,11,13-14,24H2,(H2,25,31)(H,27,28)/t15-,16?,18?/m1/s1. The van der Waals surface area contributed by atoms with Crippen LogP contribution in [0.4, 0.5) is 17.3 Å². The van der Waals surface area contributed by atoms with Gasteiger partial charge in [-0.05, 0) is 68.1 Å². The van der Waals surface area contributed by atoms with Crippen molar-refractivity contribution in [2.45, 2.75) is 50.5 Å². The Morgan fingerprint density at radius 1 is 1.16 bits per heavy atom. The van der Waals surface area contributed by atoms with Crippen LogP contribution in [0.5, 0.6) is 0 Å². The molecular formula is C23H32N6O2. The van der Waals surface area contributed by atoms with Crippen molar-refractivity contribution in [2.75, 3.05) is 29.9 Å². The lowest BCUT2D eigenvalue weighted by Gasteiger charge is -2.32. The van der Waals surface area contributed by atoms with E-state index in [2.05, 4.69) is 32.3 Å². The third-order valence-electron chi connectivity index (χ3n) is 6.51. The highest BCUT2D eigenvalue weighted by atomic mass is 16.3. The average Bonchev–Trinajstić information content (AvgIpc) is 2.80. The number of aliphatic hydroxyl groups is 1. The van der Waals surface area contributed by atoms with Crippen LogP contribution in [0.15, 0.2) is 30.5 Å². The Balaban J connectivity index is 1.52. The van der Waals surface area contributed by atoms with Gasteiger partial charge >= 0.3 is 0 Å². The van der Waals surface area contributed by atoms with Gasteiger partial charge in [-0.3, -0.25) is 4.79 Å². The van der Waals surface area contributed by atoms with Crippen LogP contribution in [-0.2, 0) is 0 Å². The molecule has 2 aromatic rings. The predicted molar refractivity (Wildman–Crippen MR) is 121 cm³/mol. The summed E-state index contributed by atoms with van der Waals surface area (Å²) >= 11 is 0. The summed E-state index contributed by atoms with van der Waals surface area (Å²) in [7, 11) is 0. The van der Waals surface area contributed by atoms with E-state index in [0.717, 1.165) is 57.3 Å². The zero-order chi connectivity index (χ0) is 21.8. The van der Waals surface area contributed by atoms with Crippen molar-refractivity contribution in [2.24, 2.45) is 17.4 Å². The van der Waals surface area contributed by atoms with E-state index in [1.807, 2.05) is 12.1 Å². The molecule has 0 bridgehead atoms. The second-order valence-corrected chi connectivity index (χ2v) is 8.79. The van der Waals surface area contributed by atoms with Crippen molar-refractivity contribution in [3.05, 3.63) is 41.7 Å². The number of nitrogens with one attached hydrogen (secondary N) is 1. The highest BCUT2D eigenvalue weighted by molar-refractivity contribution is 5.96. The first-order valence-electron chi connectivity index (χ1n) is 11.2. The largest absolute Gasteiger partial charge is 0.396 e. The van der Waals surface area contributed by atoms with E-state index in [1.54, 1.807) is 6.20 Å². The molecule has 1 atom stereocenters. The Morgan fingerprint density at radius 3 is 2.58 bits per heavy atom. The maximum Gasteiger partial charge on any atom is 0.271 e. The van der Waals surface area contributed by atoms with Crippen LogP contribution in [0.1, 0.15) is 60.5 Å². The molecule has 0 radical (unpaired) electrons. The van der Waals surface area contributed by atoms with Crippen molar-refractivity contribution < 1.29 is 9.90 Å². The van der Waals surface area contributed by atoms with E-state index in [1.165, 1.54) is 5.56 Å². The lowest BCUT2D eigenvalue weighted by Crippen LogP contribution is -2.37. The monoisotopic (exact) mass is 424 g/mol. The number of carbonyl (C=O) groups is 1. The van der Waals surface area contributed by atoms with Crippen LogP contribution in [-0.4, -0.2) is 46.7 Å². The van der Waals surface area contributed by atoms with Gasteiger partial charge in [-0.15, -0.1) is 0 Å². The van der Waals surface area contributed by atoms with E-state index in [0.29, 0.717) is 23.6 Å². The molecule has 1 saturated heterocycles. The van der Waals surface area contributed by atoms with Crippen molar-refractivity contribution in [3.63, 3.8) is 0 Å². The third kappa shape index (κ3) is 5.14. The van der Waals surface area contributed by atoms with Crippen molar-refractivity contribution in [1.29, 1.82) is 0 Å². The van der Waals surface area contributed by atoms with E-state index < -0.39 is 5.91 Å². The van der Waals surface area contributed by atoms with E-state index in [-0.39, 0.29) is 18.2 Å². The van der Waals surface area contributed by atoms with Gasteiger partial charge in [-0.2, -0.15) is 0 Å². The van der Waals surface area contributed by atoms with Crippen molar-refractivity contribution >= 4 is 23.2 Å². The zero-order valence-corrected chi connectivity index (χ0v) is 17.8. The number of piperidine rings is 1. The lowest BCUT2D eigenvalue weighted by molar-refractivity contribution is 0.0996. The summed E-state index contributed by atoms with van der Waals surface area (Å²) in [5.74, 6) is 1.19. The zero-order valence-electron chi connectivity index (χ0n) is 17.8. The Morgan fingerprint density at radius 2 is 1.90 bits per heavy atom. The Hall–Kier alpha value is -2.71. The van der Waals surface area contributed by atoms with Crippen LogP contribution < -0.4 is 21.7 Å². The third-order valence-corrected chi connectivity index (χ3v) is 6.51. The van der Waals surface area contributed by atoms with Gasteiger partial charge in [0.05, 0.1) is 6.20 Å². The van der Waals surface area contributed by atoms with Gasteiger partial charge in [0, 0.05) is 31.4 Å². The summed E-state index contributed by atoms with van der Waals surface area (Å²) in [6.07, 6.45) is 7.97. The van der Waals surface area contributed by atoms with E-state index >= 15 is 0 Å². The first-order valence-corrected chi connectivity index (χ1v) is 11.2. The maximum absolute atomic E-state index is 11.9. The molecule has 166 valence electrons. The molecule has 0 spiro atoms. The average molecular weight is 425 g/mol. The number of rotatable bonds is 6. The summed E-state index contributed by atoms with van der Waals surface area (Å²) in [5, 5.41) is 12.7. The highest BCUT2D eigenvalue weighted by Crippen LogP contribution is 2.33. The fourth-order valence-electron chi connectivity index (χ4n) is 4.65. The van der Waals surface area contributed by atoms with Crippen LogP contribution >= 0.6 is 0 Å². The van der Waals surface area contributed by atoms with Crippen LogP contribution in [0.25, 0.3) is 0 Å². The minimum absolute atomic E-state index is 0.116. The SMILES string of the molecule is NC(=O)c1ncc(N2CCC[C@@H](CO)C2)nc1Nc1ccc(C2CCC(N)CC2)cc1. The number of aliphatic hydroxyl groups excluding tert-OH is 1. The summed E-state index contributed by atoms with van der Waals surface area (Å²) in [5.41, 5.74) is 13.8. The summed E-state index contributed by atoms with van der Waals surface area (Å²) in [6.45, 7) is 1.73. The minimum Gasteiger partial charge on any atom is -0.396 e. The molecule has 1 amide bonds. The van der Waals surface area contributed by atoms with Crippen molar-refractivity contribution in [3.8, 4) is 0 Å². The number of hydrogen-bond acceptors (Lipinski definition) is 7. The van der Waals surface area contributed by atoms with E-state index in [4.69, 9.17) is 11.5 Å². The quantitative estimate of drug-likeness (QED) is 0.560. The smallest absolute Gasteiger partial charge is 0.271 e. The number of nitrogens with zero attached hydrogens (tertiary/aromatic N) is 3. The van der Waals surface area contributed by atoms with Gasteiger partial charge in [0.1, 0.15) is 5.82 Å². The van der Waals surface area contributed by atoms with Crippen LogP contribution in [0.3, 0.4) is 0 Å². The van der Waals surface area contributed by atoms with Gasteiger partial charge < -0.3 is 26.8 Å². The van der Waals surface area contributed by atoms with Gasteiger partial charge in [-0.25, -0.2) is 9.97 Å². The fraction of sp³-hybridized carbons (Fsp3) is 0.522. The summed E-state index contributed by atoms with van der Waals surface area (Å²) in [4.78, 5) is 23.0. The number of nitrogens with two attached hydrogens (primary N) is 2. The molecule has 2 fully saturated rings. The number of anilines is 3. The molecule has 1 aliphatic heterocycles. The van der Waals surface area contributed by atoms with Gasteiger partial charge in [0.15, 0.2) is 11.5 Å². The molecule has 6 N–H and O–H groups in total. The molecular weight excluding hydrogens is 392 g/mol. The first-order chi connectivity index (χ1) is 15.0. The number of primary amides is 1. The van der Waals surface area contributed by atoms with Crippen molar-refractivity contribution in [1.82, 2.24) is 9.97 Å². The normalized spacial score (nSPS) is 24.1. The van der Waals surface area contributed by atoms with Crippen LogP contribution in [0, 0.1) is 5.92 Å². The number of aromatic nitrogens is 2. The number of hydrogen-bond donors (Lipinski definition) is 4. The molecule has 2 aliphatic rings. The maximum atomic E-state index is 11.9. The molecule has 8 heteroatoms. The number of benzene rings is 1. The molecule has 1 aliphatic carbocycles. The molecule has 8 nitrogen and oxygen atoms in total. The highest BCUT2D eigenvalue weighted by Gasteiger charge is 2.23. The van der Waals surface area contributed by atoms with Gasteiger partial charge in [0.25, 0.3) is 5.91 Å². The minimum atomic E-state index is -0.622. The molecule has 31 heavy (non-hydrogen) atoms. The van der Waals surface area contributed by atoms with Gasteiger partial charge in [-0.1, -0.05) is 12.1 Å². The summed E-state index contributed by atoms with van der Waals surface area (Å²) in [6, 6.07) is 8.60. The molecule has 2 heterocycles. The molecule has 1 saturated carbocycles. The molecule has 1 aromatic carbocycles. The topological polar surface area (TPSA) is 130 Å². The summed E-state index contributed by atoms with van der Waals surface area (Å²) < 4.78 is 0. The predicted octanol–water partition coefficient (Wildman–Crippen LogP) is 2.51. The fourth-order valence-corrected chi connectivity index (χ4v) is 4.65. The Bertz CT molecular complexity index is 895. The van der Waals surface area contributed by atoms with Gasteiger partial charge in [0.2, 0.25) is 0 Å². The second kappa shape index (κ2) is 9.62. The molecule has 0 unspecified atom stereocenters. The molecule has 1 aromatic heterocycles.